The molecule has 0 aliphatic carbocycles. The van der Waals surface area contributed by atoms with E-state index < -0.39 is 0 Å². The first-order valence-corrected chi connectivity index (χ1v) is 12.0. The summed E-state index contributed by atoms with van der Waals surface area (Å²) < 4.78 is 38.2. The Balaban J connectivity index is 1.27. The Hall–Kier alpha value is -2.53. The summed E-state index contributed by atoms with van der Waals surface area (Å²) in [6.45, 7) is 4.55. The molecule has 2 aromatic carbocycles. The van der Waals surface area contributed by atoms with Gasteiger partial charge >= 0.3 is 0 Å². The van der Waals surface area contributed by atoms with Crippen molar-refractivity contribution in [3.8, 4) is 11.5 Å². The van der Waals surface area contributed by atoms with Crippen LogP contribution in [0.5, 0.6) is 11.5 Å². The molecule has 0 amide bonds. The van der Waals surface area contributed by atoms with Crippen LogP contribution in [0, 0.1) is 5.82 Å². The zero-order chi connectivity index (χ0) is 23.5. The minimum atomic E-state index is -0.385. The molecule has 8 nitrogen and oxygen atoms in total. The molecule has 0 radical (unpaired) electrons. The summed E-state index contributed by atoms with van der Waals surface area (Å²) in [5, 5.41) is 3.77. The van der Waals surface area contributed by atoms with Gasteiger partial charge in [0.2, 0.25) is 0 Å². The predicted octanol–water partition coefficient (Wildman–Crippen LogP) is 4.15. The van der Waals surface area contributed by atoms with Crippen LogP contribution in [0.3, 0.4) is 0 Å². The van der Waals surface area contributed by atoms with E-state index in [9.17, 15) is 4.39 Å². The maximum absolute atomic E-state index is 14.4. The lowest BCUT2D eigenvalue weighted by Gasteiger charge is -2.24. The number of halogens is 2. The predicted molar refractivity (Wildman–Crippen MR) is 130 cm³/mol. The van der Waals surface area contributed by atoms with Crippen LogP contribution < -0.4 is 14.8 Å². The quantitative estimate of drug-likeness (QED) is 0.433. The minimum Gasteiger partial charge on any atom is -0.493 e. The Kier molecular flexibility index (Phi) is 7.10. The number of nitrogens with zero attached hydrogens (tertiary/aromatic N) is 3. The number of hydrogen-bond donors (Lipinski definition) is 1. The number of rotatable bonds is 8. The molecular formula is C24H26BrFN4O4. The van der Waals surface area contributed by atoms with Gasteiger partial charge in [0.1, 0.15) is 18.0 Å². The second kappa shape index (κ2) is 10.4. The van der Waals surface area contributed by atoms with E-state index in [1.165, 1.54) is 12.4 Å². The summed E-state index contributed by atoms with van der Waals surface area (Å²) in [6, 6.07) is 8.45. The van der Waals surface area contributed by atoms with Gasteiger partial charge in [0.15, 0.2) is 11.5 Å². The number of ether oxygens (including phenoxy) is 4. The Morgan fingerprint density at radius 3 is 2.65 bits per heavy atom. The van der Waals surface area contributed by atoms with Gasteiger partial charge in [-0.15, -0.1) is 0 Å². The van der Waals surface area contributed by atoms with Crippen molar-refractivity contribution in [3.63, 3.8) is 0 Å². The third-order valence-corrected chi connectivity index (χ3v) is 6.51. The fraction of sp³-hybridized carbons (Fsp3) is 0.417. The molecule has 2 unspecified atom stereocenters. The van der Waals surface area contributed by atoms with Crippen molar-refractivity contribution in [2.45, 2.75) is 18.6 Å². The molecule has 2 aliphatic heterocycles. The molecule has 1 N–H and O–H groups in total. The van der Waals surface area contributed by atoms with Crippen molar-refractivity contribution in [2.75, 3.05) is 51.9 Å². The smallest absolute Gasteiger partial charge is 0.162 e. The van der Waals surface area contributed by atoms with Crippen LogP contribution in [0.2, 0.25) is 0 Å². The lowest BCUT2D eigenvalue weighted by Crippen LogP contribution is -2.36. The lowest BCUT2D eigenvalue weighted by molar-refractivity contribution is -0.116. The van der Waals surface area contributed by atoms with E-state index in [4.69, 9.17) is 18.9 Å². The zero-order valence-electron chi connectivity index (χ0n) is 18.8. The average Bonchev–Trinajstić information content (AvgIpc) is 3.26. The normalized spacial score (nSPS) is 20.3. The highest BCUT2D eigenvalue weighted by Gasteiger charge is 2.36. The average molecular weight is 533 g/mol. The Morgan fingerprint density at radius 1 is 1.12 bits per heavy atom. The van der Waals surface area contributed by atoms with Crippen molar-refractivity contribution in [3.05, 3.63) is 46.9 Å². The number of hydrogen-bond acceptors (Lipinski definition) is 8. The molecular weight excluding hydrogens is 507 g/mol. The summed E-state index contributed by atoms with van der Waals surface area (Å²) in [5.41, 5.74) is 0.986. The molecule has 3 aromatic rings. The van der Waals surface area contributed by atoms with Crippen molar-refractivity contribution >= 4 is 38.3 Å². The van der Waals surface area contributed by atoms with Crippen LogP contribution in [0.25, 0.3) is 10.9 Å². The van der Waals surface area contributed by atoms with E-state index in [0.29, 0.717) is 58.2 Å². The second-order valence-corrected chi connectivity index (χ2v) is 9.19. The minimum absolute atomic E-state index is 0.178. The molecule has 2 fully saturated rings. The molecule has 34 heavy (non-hydrogen) atoms. The first-order chi connectivity index (χ1) is 16.6. The first-order valence-electron chi connectivity index (χ1n) is 11.2. The fourth-order valence-electron chi connectivity index (χ4n) is 4.34. The van der Waals surface area contributed by atoms with Gasteiger partial charge in [-0.1, -0.05) is 15.9 Å². The number of fused-ring (bicyclic) bond motifs is 2. The summed E-state index contributed by atoms with van der Waals surface area (Å²) in [7, 11) is 1.59. The molecule has 0 spiro atoms. The Bertz CT molecular complexity index is 1150. The van der Waals surface area contributed by atoms with Crippen LogP contribution in [-0.2, 0) is 9.47 Å². The third-order valence-electron chi connectivity index (χ3n) is 6.02. The number of aromatic nitrogens is 2. The van der Waals surface area contributed by atoms with Gasteiger partial charge in [-0.2, -0.15) is 0 Å². The van der Waals surface area contributed by atoms with Gasteiger partial charge in [0.25, 0.3) is 0 Å². The number of nitrogens with one attached hydrogen (secondary N) is 1. The van der Waals surface area contributed by atoms with Crippen LogP contribution in [0.15, 0.2) is 41.1 Å². The Morgan fingerprint density at radius 2 is 1.91 bits per heavy atom. The van der Waals surface area contributed by atoms with Crippen LogP contribution in [0.4, 0.5) is 15.9 Å². The van der Waals surface area contributed by atoms with E-state index in [-0.39, 0.29) is 18.0 Å². The first kappa shape index (κ1) is 23.2. The molecule has 2 atom stereocenters. The maximum atomic E-state index is 14.4. The Labute approximate surface area is 205 Å². The number of anilines is 2. The molecule has 0 bridgehead atoms. The molecule has 1 aromatic heterocycles. The molecule has 3 heterocycles. The summed E-state index contributed by atoms with van der Waals surface area (Å²) in [6.07, 6.45) is 2.64. The fourth-order valence-corrected chi connectivity index (χ4v) is 4.68. The van der Waals surface area contributed by atoms with Crippen molar-refractivity contribution < 1.29 is 23.3 Å². The molecule has 0 saturated carbocycles. The van der Waals surface area contributed by atoms with Crippen LogP contribution in [-0.4, -0.2) is 73.6 Å². The molecule has 180 valence electrons. The standard InChI is InChI=1S/C24H26BrFN4O4/c1-31-20-11-19-16(24(28-14-27-19)29-18-4-3-15(25)9-17(18)26)10-21(20)32-6-2-5-30-12-22-23(13-30)34-8-7-33-22/h3-4,9-11,14,22-23H,2,5-8,12-13H2,1H3,(H,27,28,29). The monoisotopic (exact) mass is 532 g/mol. The topological polar surface area (TPSA) is 78.0 Å². The van der Waals surface area contributed by atoms with Crippen LogP contribution in [0.1, 0.15) is 6.42 Å². The van der Waals surface area contributed by atoms with E-state index in [1.54, 1.807) is 25.3 Å². The van der Waals surface area contributed by atoms with Crippen molar-refractivity contribution in [1.29, 1.82) is 0 Å². The largest absolute Gasteiger partial charge is 0.493 e. The second-order valence-electron chi connectivity index (χ2n) is 8.27. The molecule has 10 heteroatoms. The highest BCUT2D eigenvalue weighted by Crippen LogP contribution is 2.35. The lowest BCUT2D eigenvalue weighted by atomic mass is 10.2. The van der Waals surface area contributed by atoms with Crippen molar-refractivity contribution in [1.82, 2.24) is 14.9 Å². The molecule has 5 rings (SSSR count). The maximum Gasteiger partial charge on any atom is 0.162 e. The van der Waals surface area contributed by atoms with Gasteiger partial charge in [-0.3, -0.25) is 4.90 Å². The van der Waals surface area contributed by atoms with Crippen molar-refractivity contribution in [2.24, 2.45) is 0 Å². The number of benzene rings is 2. The SMILES string of the molecule is COc1cc2ncnc(Nc3ccc(Br)cc3F)c2cc1OCCCN1CC2OCCOC2C1. The van der Waals surface area contributed by atoms with E-state index in [0.717, 1.165) is 26.1 Å². The highest BCUT2D eigenvalue weighted by atomic mass is 79.9. The molecule has 2 aliphatic rings. The van der Waals surface area contributed by atoms with E-state index in [1.807, 2.05) is 6.07 Å². The van der Waals surface area contributed by atoms with Gasteiger partial charge in [-0.05, 0) is 30.7 Å². The van der Waals surface area contributed by atoms with Gasteiger partial charge in [0, 0.05) is 35.6 Å². The third kappa shape index (κ3) is 5.10. The van der Waals surface area contributed by atoms with Crippen LogP contribution >= 0.6 is 15.9 Å². The molecule has 2 saturated heterocycles. The highest BCUT2D eigenvalue weighted by molar-refractivity contribution is 9.10. The zero-order valence-corrected chi connectivity index (χ0v) is 20.4. The van der Waals surface area contributed by atoms with E-state index >= 15 is 0 Å². The summed E-state index contributed by atoms with van der Waals surface area (Å²) >= 11 is 3.27. The van der Waals surface area contributed by atoms with Gasteiger partial charge in [0.05, 0.1) is 50.3 Å². The van der Waals surface area contributed by atoms with E-state index in [2.05, 4.69) is 36.1 Å². The summed E-state index contributed by atoms with van der Waals surface area (Å²) in [4.78, 5) is 11.0. The number of methoxy groups -OCH3 is 1. The van der Waals surface area contributed by atoms with Gasteiger partial charge < -0.3 is 24.3 Å². The van der Waals surface area contributed by atoms with Gasteiger partial charge in [-0.25, -0.2) is 14.4 Å². The summed E-state index contributed by atoms with van der Waals surface area (Å²) in [5.74, 6) is 1.27. The number of likely N-dealkylation sites (tertiary alicyclic amines) is 1.